The van der Waals surface area contributed by atoms with E-state index in [0.29, 0.717) is 19.5 Å². The number of aliphatic hydroxyl groups is 1. The Morgan fingerprint density at radius 1 is 0.657 bits per heavy atom. The number of nitrogens with zero attached hydrogens (tertiary/aromatic N) is 1. The predicted octanol–water partition coefficient (Wildman–Crippen LogP) is 6.24. The van der Waals surface area contributed by atoms with Crippen LogP contribution in [-0.2, 0) is 24.3 Å². The fourth-order valence-electron chi connectivity index (χ4n) is 4.56. The van der Waals surface area contributed by atoms with Crippen LogP contribution in [0.5, 0.6) is 0 Å². The minimum Gasteiger partial charge on any atom is -0.388 e. The second kappa shape index (κ2) is 12.3. The molecule has 178 valence electrons. The van der Waals surface area contributed by atoms with Crippen LogP contribution in [-0.4, -0.2) is 21.8 Å². The summed E-state index contributed by atoms with van der Waals surface area (Å²) in [5.74, 6) is -0.489. The van der Waals surface area contributed by atoms with Crippen LogP contribution < -0.4 is 0 Å². The normalized spacial score (nSPS) is 13.8. The average Bonchev–Trinajstić information content (AvgIpc) is 2.92. The largest absolute Gasteiger partial charge is 0.388 e. The van der Waals surface area contributed by atoms with Crippen molar-refractivity contribution >= 4 is 5.78 Å². The van der Waals surface area contributed by atoms with E-state index in [4.69, 9.17) is 0 Å². The topological polar surface area (TPSA) is 40.5 Å². The molecule has 1 N–H and O–H groups in total. The van der Waals surface area contributed by atoms with Gasteiger partial charge in [-0.15, -0.1) is 0 Å². The van der Waals surface area contributed by atoms with E-state index in [1.165, 1.54) is 0 Å². The first-order chi connectivity index (χ1) is 17.1. The first-order valence-electron chi connectivity index (χ1n) is 12.2. The standard InChI is InChI=1S/C32H33NO2/c1-25(31(34)29-20-12-5-13-21-29)32(35)30(22-26-14-6-2-7-15-26)33(23-27-16-8-3-9-17-27)24-28-18-10-4-11-19-28/h2-21,25,30-31,34H,22-24H2,1H3/t25-,30-,31+/m0/s1. The molecule has 4 rings (SSSR count). The quantitative estimate of drug-likeness (QED) is 0.286. The third-order valence-electron chi connectivity index (χ3n) is 6.56. The number of rotatable bonds is 11. The van der Waals surface area contributed by atoms with Gasteiger partial charge in [0.1, 0.15) is 0 Å². The highest BCUT2D eigenvalue weighted by Gasteiger charge is 2.33. The van der Waals surface area contributed by atoms with E-state index < -0.39 is 12.0 Å². The lowest BCUT2D eigenvalue weighted by Crippen LogP contribution is -2.45. The first kappa shape index (κ1) is 24.6. The van der Waals surface area contributed by atoms with Crippen molar-refractivity contribution in [2.75, 3.05) is 0 Å². The monoisotopic (exact) mass is 463 g/mol. The second-order valence-corrected chi connectivity index (χ2v) is 9.13. The Morgan fingerprint density at radius 2 is 1.06 bits per heavy atom. The van der Waals surface area contributed by atoms with Gasteiger partial charge < -0.3 is 5.11 Å². The summed E-state index contributed by atoms with van der Waals surface area (Å²) in [4.78, 5) is 16.3. The van der Waals surface area contributed by atoms with Crippen molar-refractivity contribution in [3.05, 3.63) is 144 Å². The molecule has 4 aromatic carbocycles. The van der Waals surface area contributed by atoms with Crippen molar-refractivity contribution in [1.29, 1.82) is 0 Å². The number of hydrogen-bond donors (Lipinski definition) is 1. The van der Waals surface area contributed by atoms with E-state index >= 15 is 0 Å². The van der Waals surface area contributed by atoms with Gasteiger partial charge in [0.25, 0.3) is 0 Å². The van der Waals surface area contributed by atoms with E-state index in [1.807, 2.05) is 91.9 Å². The van der Waals surface area contributed by atoms with Crippen molar-refractivity contribution in [3.8, 4) is 0 Å². The Kier molecular flexibility index (Phi) is 8.61. The minimum absolute atomic E-state index is 0.0528. The number of carbonyl (C=O) groups excluding carboxylic acids is 1. The Hall–Kier alpha value is -3.53. The Bertz CT molecular complexity index is 1120. The zero-order valence-corrected chi connectivity index (χ0v) is 20.2. The zero-order valence-electron chi connectivity index (χ0n) is 20.2. The third kappa shape index (κ3) is 6.75. The molecular weight excluding hydrogens is 430 g/mol. The number of benzene rings is 4. The van der Waals surface area contributed by atoms with Gasteiger partial charge in [-0.2, -0.15) is 0 Å². The van der Waals surface area contributed by atoms with E-state index in [9.17, 15) is 9.90 Å². The molecule has 0 spiro atoms. The first-order valence-corrected chi connectivity index (χ1v) is 12.2. The van der Waals surface area contributed by atoms with Gasteiger partial charge in [0.05, 0.1) is 12.1 Å². The molecule has 0 heterocycles. The van der Waals surface area contributed by atoms with Crippen LogP contribution in [0.1, 0.15) is 35.3 Å². The molecule has 0 radical (unpaired) electrons. The van der Waals surface area contributed by atoms with Gasteiger partial charge in [0.15, 0.2) is 5.78 Å². The third-order valence-corrected chi connectivity index (χ3v) is 6.56. The number of ketones is 1. The molecule has 3 heteroatoms. The van der Waals surface area contributed by atoms with E-state index in [1.54, 1.807) is 0 Å². The molecule has 3 nitrogen and oxygen atoms in total. The molecule has 0 aliphatic carbocycles. The smallest absolute Gasteiger partial charge is 0.156 e. The van der Waals surface area contributed by atoms with Crippen LogP contribution in [0.2, 0.25) is 0 Å². The lowest BCUT2D eigenvalue weighted by molar-refractivity contribution is -0.131. The molecule has 0 bridgehead atoms. The molecular formula is C32H33NO2. The lowest BCUT2D eigenvalue weighted by Gasteiger charge is -2.34. The van der Waals surface area contributed by atoms with Gasteiger partial charge in [-0.05, 0) is 28.7 Å². The number of aliphatic hydroxyl groups excluding tert-OH is 1. The van der Waals surface area contributed by atoms with Gasteiger partial charge in [0, 0.05) is 19.0 Å². The minimum atomic E-state index is -0.850. The average molecular weight is 464 g/mol. The van der Waals surface area contributed by atoms with Gasteiger partial charge >= 0.3 is 0 Å². The summed E-state index contributed by atoms with van der Waals surface area (Å²) < 4.78 is 0. The van der Waals surface area contributed by atoms with Gasteiger partial charge in [-0.1, -0.05) is 128 Å². The van der Waals surface area contributed by atoms with Crippen molar-refractivity contribution in [1.82, 2.24) is 4.90 Å². The fraction of sp³-hybridized carbons (Fsp3) is 0.219. The molecule has 0 saturated carbocycles. The van der Waals surface area contributed by atoms with Crippen LogP contribution in [0.3, 0.4) is 0 Å². The maximum Gasteiger partial charge on any atom is 0.156 e. The maximum atomic E-state index is 14.1. The molecule has 0 aromatic heterocycles. The van der Waals surface area contributed by atoms with E-state index in [2.05, 4.69) is 41.3 Å². The molecule has 0 unspecified atom stereocenters. The molecule has 0 aliphatic rings. The van der Waals surface area contributed by atoms with Crippen molar-refractivity contribution in [2.45, 2.75) is 38.6 Å². The number of hydrogen-bond acceptors (Lipinski definition) is 3. The predicted molar refractivity (Wildman–Crippen MR) is 142 cm³/mol. The summed E-state index contributed by atoms with van der Waals surface area (Å²) in [5, 5.41) is 11.1. The molecule has 0 saturated heterocycles. The van der Waals surface area contributed by atoms with Gasteiger partial charge in [0.2, 0.25) is 0 Å². The van der Waals surface area contributed by atoms with E-state index in [0.717, 1.165) is 22.3 Å². The second-order valence-electron chi connectivity index (χ2n) is 9.13. The highest BCUT2D eigenvalue weighted by atomic mass is 16.3. The Morgan fingerprint density at radius 3 is 1.51 bits per heavy atom. The summed E-state index contributed by atoms with van der Waals surface area (Å²) >= 11 is 0. The van der Waals surface area contributed by atoms with Crippen LogP contribution in [0.25, 0.3) is 0 Å². The van der Waals surface area contributed by atoms with Crippen LogP contribution in [0.4, 0.5) is 0 Å². The molecule has 0 amide bonds. The molecule has 3 atom stereocenters. The fourth-order valence-corrected chi connectivity index (χ4v) is 4.56. The van der Waals surface area contributed by atoms with Crippen molar-refractivity contribution in [2.24, 2.45) is 5.92 Å². The zero-order chi connectivity index (χ0) is 24.5. The molecule has 0 aliphatic heterocycles. The summed E-state index contributed by atoms with van der Waals surface area (Å²) in [6.07, 6.45) is -0.261. The van der Waals surface area contributed by atoms with Crippen LogP contribution >= 0.6 is 0 Å². The van der Waals surface area contributed by atoms with Gasteiger partial charge in [-0.25, -0.2) is 0 Å². The highest BCUT2D eigenvalue weighted by Crippen LogP contribution is 2.27. The van der Waals surface area contributed by atoms with Gasteiger partial charge in [-0.3, -0.25) is 9.69 Å². The number of Topliss-reactive ketones (excluding diaryl/α,β-unsaturated/α-hetero) is 1. The molecule has 35 heavy (non-hydrogen) atoms. The summed E-state index contributed by atoms with van der Waals surface area (Å²) in [6.45, 7) is 3.14. The summed E-state index contributed by atoms with van der Waals surface area (Å²) in [6, 6.07) is 39.8. The van der Waals surface area contributed by atoms with E-state index in [-0.39, 0.29) is 11.8 Å². The molecule has 0 fully saturated rings. The number of carbonyl (C=O) groups is 1. The van der Waals surface area contributed by atoms with Crippen molar-refractivity contribution in [3.63, 3.8) is 0 Å². The highest BCUT2D eigenvalue weighted by molar-refractivity contribution is 5.87. The Labute approximate surface area is 208 Å². The van der Waals surface area contributed by atoms with Crippen molar-refractivity contribution < 1.29 is 9.90 Å². The van der Waals surface area contributed by atoms with Crippen LogP contribution in [0.15, 0.2) is 121 Å². The summed E-state index contributed by atoms with van der Waals surface area (Å²) in [7, 11) is 0. The lowest BCUT2D eigenvalue weighted by atomic mass is 9.87. The van der Waals surface area contributed by atoms with Crippen LogP contribution in [0, 0.1) is 5.92 Å². The molecule has 4 aromatic rings. The maximum absolute atomic E-state index is 14.1. The summed E-state index contributed by atoms with van der Waals surface area (Å²) in [5.41, 5.74) is 4.19. The SMILES string of the molecule is C[C@H](C(=O)[C@H](Cc1ccccc1)N(Cc1ccccc1)Cc1ccccc1)[C@@H](O)c1ccccc1. The Balaban J connectivity index is 1.68.